The van der Waals surface area contributed by atoms with Crippen molar-refractivity contribution < 1.29 is 9.53 Å². The highest BCUT2D eigenvalue weighted by Crippen LogP contribution is 2.18. The molecule has 0 saturated carbocycles. The number of nitrogens with one attached hydrogen (secondary N) is 1. The summed E-state index contributed by atoms with van der Waals surface area (Å²) in [4.78, 5) is 14.1. The summed E-state index contributed by atoms with van der Waals surface area (Å²) < 4.78 is 7.47. The number of carbonyl (C=O) groups is 1. The molecule has 7 nitrogen and oxygen atoms in total. The van der Waals surface area contributed by atoms with Crippen molar-refractivity contribution in [3.8, 4) is 5.75 Å². The van der Waals surface area contributed by atoms with E-state index in [1.54, 1.807) is 30.3 Å². The molecule has 1 aliphatic rings. The maximum absolute atomic E-state index is 12.5. The summed E-state index contributed by atoms with van der Waals surface area (Å²) >= 11 is 5.92. The molecule has 140 valence electrons. The second-order valence-electron chi connectivity index (χ2n) is 6.45. The maximum Gasteiger partial charge on any atom is 0.275 e. The molecule has 2 aromatic rings. The highest BCUT2D eigenvalue weighted by Gasteiger charge is 2.20. The molecule has 1 N–H and O–H groups in total. The van der Waals surface area contributed by atoms with Crippen molar-refractivity contribution in [3.05, 3.63) is 41.2 Å². The Labute approximate surface area is 158 Å². The fourth-order valence-corrected chi connectivity index (χ4v) is 3.15. The van der Waals surface area contributed by atoms with Gasteiger partial charge in [-0.05, 0) is 50.6 Å². The molecule has 0 atom stereocenters. The lowest BCUT2D eigenvalue weighted by atomic mass is 10.1. The molecule has 0 bridgehead atoms. The van der Waals surface area contributed by atoms with Gasteiger partial charge in [0.05, 0.1) is 18.8 Å². The highest BCUT2D eigenvalue weighted by atomic mass is 35.5. The largest absolute Gasteiger partial charge is 0.493 e. The van der Waals surface area contributed by atoms with E-state index in [2.05, 4.69) is 15.6 Å². The van der Waals surface area contributed by atoms with Gasteiger partial charge in [-0.1, -0.05) is 22.9 Å². The Morgan fingerprint density at radius 3 is 3.00 bits per heavy atom. The number of carbonyl (C=O) groups excluding carboxylic acids is 1. The molecule has 1 saturated heterocycles. The number of aromatic nitrogens is 3. The number of nitrogens with zero attached hydrogens (tertiary/aromatic N) is 4. The Balaban J connectivity index is 1.44. The first-order chi connectivity index (χ1) is 12.6. The zero-order valence-electron chi connectivity index (χ0n) is 14.9. The Morgan fingerprint density at radius 1 is 1.42 bits per heavy atom. The van der Waals surface area contributed by atoms with Gasteiger partial charge in [0.1, 0.15) is 5.75 Å². The third kappa shape index (κ3) is 4.95. The van der Waals surface area contributed by atoms with Gasteiger partial charge in [0.15, 0.2) is 5.69 Å². The van der Waals surface area contributed by atoms with Gasteiger partial charge in [0, 0.05) is 18.6 Å². The third-order valence-electron chi connectivity index (χ3n) is 4.46. The van der Waals surface area contributed by atoms with Crippen LogP contribution in [0.2, 0.25) is 5.02 Å². The van der Waals surface area contributed by atoms with Crippen molar-refractivity contribution in [3.63, 3.8) is 0 Å². The van der Waals surface area contributed by atoms with Gasteiger partial charge in [-0.2, -0.15) is 0 Å². The van der Waals surface area contributed by atoms with E-state index in [0.29, 0.717) is 29.9 Å². The summed E-state index contributed by atoms with van der Waals surface area (Å²) in [6.45, 7) is 3.04. The predicted octanol–water partition coefficient (Wildman–Crippen LogP) is 2.40. The van der Waals surface area contributed by atoms with Crippen LogP contribution in [0.4, 0.5) is 0 Å². The van der Waals surface area contributed by atoms with Crippen LogP contribution in [-0.2, 0) is 0 Å². The van der Waals surface area contributed by atoms with Crippen LogP contribution in [0.25, 0.3) is 0 Å². The highest BCUT2D eigenvalue weighted by molar-refractivity contribution is 6.30. The molecule has 1 aliphatic heterocycles. The first-order valence-electron chi connectivity index (χ1n) is 8.90. The number of hydrogen-bond acceptors (Lipinski definition) is 5. The van der Waals surface area contributed by atoms with Gasteiger partial charge in [-0.25, -0.2) is 4.68 Å². The summed E-state index contributed by atoms with van der Waals surface area (Å²) in [5.41, 5.74) is 0.391. The van der Waals surface area contributed by atoms with E-state index >= 15 is 0 Å². The summed E-state index contributed by atoms with van der Waals surface area (Å²) in [6.07, 6.45) is 4.50. The van der Waals surface area contributed by atoms with Gasteiger partial charge in [0.2, 0.25) is 0 Å². The number of halogens is 1. The van der Waals surface area contributed by atoms with Gasteiger partial charge < -0.3 is 15.0 Å². The molecule has 2 heterocycles. The number of ether oxygens (including phenoxy) is 1. The number of piperidine rings is 1. The van der Waals surface area contributed by atoms with E-state index < -0.39 is 0 Å². The molecule has 0 aliphatic carbocycles. The van der Waals surface area contributed by atoms with Gasteiger partial charge in [-0.15, -0.1) is 5.10 Å². The van der Waals surface area contributed by atoms with Crippen LogP contribution in [0.5, 0.6) is 5.75 Å². The molecule has 1 aromatic heterocycles. The van der Waals surface area contributed by atoms with Gasteiger partial charge in [0.25, 0.3) is 5.91 Å². The lowest BCUT2D eigenvalue weighted by molar-refractivity contribution is 0.0782. The van der Waals surface area contributed by atoms with Crippen LogP contribution >= 0.6 is 11.6 Å². The van der Waals surface area contributed by atoms with Crippen LogP contribution in [0.1, 0.15) is 35.8 Å². The molecule has 8 heteroatoms. The molecule has 26 heavy (non-hydrogen) atoms. The average Bonchev–Trinajstić information content (AvgIpc) is 3.15. The number of amides is 1. The van der Waals surface area contributed by atoms with Crippen LogP contribution in [-0.4, -0.2) is 59.1 Å². The van der Waals surface area contributed by atoms with Crippen LogP contribution in [0.15, 0.2) is 30.5 Å². The van der Waals surface area contributed by atoms with E-state index in [9.17, 15) is 4.79 Å². The van der Waals surface area contributed by atoms with Crippen LogP contribution < -0.4 is 10.1 Å². The van der Waals surface area contributed by atoms with E-state index in [0.717, 1.165) is 38.1 Å². The third-order valence-corrected chi connectivity index (χ3v) is 4.70. The minimum absolute atomic E-state index is 0.118. The van der Waals surface area contributed by atoms with E-state index in [1.807, 2.05) is 16.8 Å². The van der Waals surface area contributed by atoms with Gasteiger partial charge >= 0.3 is 0 Å². The van der Waals surface area contributed by atoms with Crippen molar-refractivity contribution in [2.45, 2.75) is 25.3 Å². The molecule has 0 unspecified atom stereocenters. The van der Waals surface area contributed by atoms with Gasteiger partial charge in [-0.3, -0.25) is 4.79 Å². The normalized spacial score (nSPS) is 15.0. The molecule has 1 amide bonds. The van der Waals surface area contributed by atoms with Crippen molar-refractivity contribution >= 4 is 17.5 Å². The minimum atomic E-state index is -0.118. The smallest absolute Gasteiger partial charge is 0.275 e. The predicted molar refractivity (Wildman–Crippen MR) is 99.7 cm³/mol. The number of benzene rings is 1. The summed E-state index contributed by atoms with van der Waals surface area (Å²) in [7, 11) is 1.77. The zero-order chi connectivity index (χ0) is 18.4. The Bertz CT molecular complexity index is 730. The zero-order valence-corrected chi connectivity index (χ0v) is 15.7. The molecular weight excluding hydrogens is 354 g/mol. The molecule has 0 spiro atoms. The SMILES string of the molecule is CN(CCCOc1cccc(Cl)c1)C(=O)c1cn(C2CCNCC2)nn1. The molecule has 0 radical (unpaired) electrons. The average molecular weight is 378 g/mol. The molecular formula is C18H24ClN5O2. The molecule has 1 aromatic carbocycles. The molecule has 3 rings (SSSR count). The summed E-state index contributed by atoms with van der Waals surface area (Å²) in [5.74, 6) is 0.615. The van der Waals surface area contributed by atoms with Crippen molar-refractivity contribution in [1.29, 1.82) is 0 Å². The van der Waals surface area contributed by atoms with Crippen molar-refractivity contribution in [2.75, 3.05) is 33.3 Å². The molecule has 1 fully saturated rings. The second kappa shape index (κ2) is 9.00. The Kier molecular flexibility index (Phi) is 6.46. The van der Waals surface area contributed by atoms with Crippen LogP contribution in [0.3, 0.4) is 0 Å². The lowest BCUT2D eigenvalue weighted by Crippen LogP contribution is -2.30. The quantitative estimate of drug-likeness (QED) is 0.750. The fraction of sp³-hybridized carbons (Fsp3) is 0.500. The summed E-state index contributed by atoms with van der Waals surface area (Å²) in [6, 6.07) is 7.60. The fourth-order valence-electron chi connectivity index (χ4n) is 2.97. The first-order valence-corrected chi connectivity index (χ1v) is 9.27. The Morgan fingerprint density at radius 2 is 2.23 bits per heavy atom. The van der Waals surface area contributed by atoms with Crippen molar-refractivity contribution in [1.82, 2.24) is 25.2 Å². The second-order valence-corrected chi connectivity index (χ2v) is 6.89. The van der Waals surface area contributed by atoms with E-state index in [4.69, 9.17) is 16.3 Å². The Hall–Kier alpha value is -2.12. The topological polar surface area (TPSA) is 72.3 Å². The standard InChI is InChI=1S/C18H24ClN5O2/c1-23(10-3-11-26-16-5-2-4-14(19)12-16)18(25)17-13-24(22-21-17)15-6-8-20-9-7-15/h2,4-5,12-13,15,20H,3,6-11H2,1H3. The monoisotopic (exact) mass is 377 g/mol. The number of rotatable bonds is 7. The first kappa shape index (κ1) is 18.7. The van der Waals surface area contributed by atoms with Crippen LogP contribution in [0, 0.1) is 0 Å². The van der Waals surface area contributed by atoms with E-state index in [1.165, 1.54) is 0 Å². The van der Waals surface area contributed by atoms with Crippen molar-refractivity contribution in [2.24, 2.45) is 0 Å². The number of hydrogen-bond donors (Lipinski definition) is 1. The lowest BCUT2D eigenvalue weighted by Gasteiger charge is -2.22. The maximum atomic E-state index is 12.5. The summed E-state index contributed by atoms with van der Waals surface area (Å²) in [5, 5.41) is 12.2. The minimum Gasteiger partial charge on any atom is -0.493 e. The van der Waals surface area contributed by atoms with E-state index in [-0.39, 0.29) is 5.91 Å².